The summed E-state index contributed by atoms with van der Waals surface area (Å²) < 4.78 is 12.7. The van der Waals surface area contributed by atoms with Gasteiger partial charge >= 0.3 is 0 Å². The molecule has 2 aromatic carbocycles. The highest BCUT2D eigenvalue weighted by atomic mass is 16.5. The summed E-state index contributed by atoms with van der Waals surface area (Å²) in [7, 11) is 3.20. The monoisotopic (exact) mass is 528 g/mol. The molecule has 0 unspecified atom stereocenters. The molecule has 39 heavy (non-hydrogen) atoms. The molecule has 1 aliphatic rings. The first-order chi connectivity index (χ1) is 18.9. The largest absolute Gasteiger partial charge is 0.493 e. The third-order valence-electron chi connectivity index (χ3n) is 6.84. The zero-order chi connectivity index (χ0) is 27.9. The molecule has 0 aliphatic carbocycles. The minimum atomic E-state index is -0.140. The fraction of sp³-hybridized carbons (Fsp3) is 0.323. The van der Waals surface area contributed by atoms with Crippen LogP contribution in [0, 0.1) is 6.92 Å². The predicted molar refractivity (Wildman–Crippen MR) is 152 cm³/mol. The fourth-order valence-electron chi connectivity index (χ4n) is 4.72. The van der Waals surface area contributed by atoms with Crippen molar-refractivity contribution in [2.75, 3.05) is 40.4 Å². The number of rotatable bonds is 9. The molecule has 0 spiro atoms. The number of benzene rings is 2. The number of carbonyl (C=O) groups is 2. The normalized spacial score (nSPS) is 13.8. The summed E-state index contributed by atoms with van der Waals surface area (Å²) in [5.41, 5.74) is 4.72. The second-order valence-electron chi connectivity index (χ2n) is 9.49. The Labute approximate surface area is 230 Å². The van der Waals surface area contributed by atoms with Gasteiger partial charge in [-0.25, -0.2) is 4.68 Å². The van der Waals surface area contributed by atoms with Crippen molar-refractivity contribution in [1.29, 1.82) is 0 Å². The molecule has 3 aromatic rings. The number of carbonyl (C=O) groups excluding carboxylic acids is 2. The van der Waals surface area contributed by atoms with E-state index in [0.29, 0.717) is 48.9 Å². The first-order valence-electron chi connectivity index (χ1n) is 13.2. The van der Waals surface area contributed by atoms with Crippen molar-refractivity contribution >= 4 is 17.5 Å². The third kappa shape index (κ3) is 6.06. The van der Waals surface area contributed by atoms with Crippen LogP contribution in [0.15, 0.2) is 67.3 Å². The predicted octanol–water partition coefficient (Wildman–Crippen LogP) is 4.83. The van der Waals surface area contributed by atoms with Gasteiger partial charge in [0, 0.05) is 43.0 Å². The molecule has 0 bridgehead atoms. The van der Waals surface area contributed by atoms with Gasteiger partial charge in [0.15, 0.2) is 17.2 Å². The highest BCUT2D eigenvalue weighted by molar-refractivity contribution is 5.95. The van der Waals surface area contributed by atoms with Crippen LogP contribution in [0.4, 0.5) is 0 Å². The van der Waals surface area contributed by atoms with Gasteiger partial charge in [0.05, 0.1) is 19.9 Å². The van der Waals surface area contributed by atoms with E-state index in [4.69, 9.17) is 14.6 Å². The van der Waals surface area contributed by atoms with Crippen LogP contribution in [0.25, 0.3) is 5.70 Å². The third-order valence-corrected chi connectivity index (χ3v) is 6.84. The Hall–Kier alpha value is -4.33. The Bertz CT molecular complexity index is 1370. The number of allylic oxidation sites excluding steroid dienone is 2. The van der Waals surface area contributed by atoms with Gasteiger partial charge in [0.1, 0.15) is 0 Å². The second-order valence-corrected chi connectivity index (χ2v) is 9.49. The number of amides is 2. The lowest BCUT2D eigenvalue weighted by Crippen LogP contribution is -2.50. The average molecular weight is 529 g/mol. The maximum absolute atomic E-state index is 13.5. The van der Waals surface area contributed by atoms with E-state index in [2.05, 4.69) is 13.5 Å². The molecule has 1 fully saturated rings. The molecule has 1 aromatic heterocycles. The van der Waals surface area contributed by atoms with Crippen LogP contribution in [-0.2, 0) is 6.42 Å². The SMILES string of the molecule is C=C/C=C(/c1ccc(OC)c(OC)c1)n1nc(C(=O)N2CCN(C(=O)c3ccc(C)cc3)CC2)cc1CCC. The van der Waals surface area contributed by atoms with Gasteiger partial charge in [-0.05, 0) is 55.8 Å². The van der Waals surface area contributed by atoms with Crippen molar-refractivity contribution in [1.82, 2.24) is 19.6 Å². The molecule has 0 saturated carbocycles. The van der Waals surface area contributed by atoms with Gasteiger partial charge in [-0.15, -0.1) is 0 Å². The lowest BCUT2D eigenvalue weighted by atomic mass is 10.1. The lowest BCUT2D eigenvalue weighted by molar-refractivity contribution is 0.0532. The fourth-order valence-corrected chi connectivity index (χ4v) is 4.72. The van der Waals surface area contributed by atoms with E-state index in [0.717, 1.165) is 35.4 Å². The number of hydrogen-bond donors (Lipinski definition) is 0. The summed E-state index contributed by atoms with van der Waals surface area (Å²) >= 11 is 0. The van der Waals surface area contributed by atoms with Gasteiger partial charge in [0.2, 0.25) is 0 Å². The molecule has 2 amide bonds. The molecule has 2 heterocycles. The van der Waals surface area contributed by atoms with Crippen molar-refractivity contribution in [2.24, 2.45) is 0 Å². The Morgan fingerprint density at radius 2 is 1.51 bits per heavy atom. The summed E-state index contributed by atoms with van der Waals surface area (Å²) in [6, 6.07) is 15.1. The van der Waals surface area contributed by atoms with E-state index in [1.807, 2.05) is 66.2 Å². The highest BCUT2D eigenvalue weighted by Crippen LogP contribution is 2.31. The van der Waals surface area contributed by atoms with Gasteiger partial charge in [-0.2, -0.15) is 5.10 Å². The van der Waals surface area contributed by atoms with Crippen LogP contribution in [0.3, 0.4) is 0 Å². The van der Waals surface area contributed by atoms with E-state index in [9.17, 15) is 9.59 Å². The van der Waals surface area contributed by atoms with Gasteiger partial charge in [0.25, 0.3) is 11.8 Å². The molecule has 0 N–H and O–H groups in total. The molecule has 4 rings (SSSR count). The molecule has 204 valence electrons. The molecule has 8 heteroatoms. The van der Waals surface area contributed by atoms with E-state index < -0.39 is 0 Å². The number of ether oxygens (including phenoxy) is 2. The Balaban J connectivity index is 1.55. The van der Waals surface area contributed by atoms with Gasteiger partial charge in [-0.1, -0.05) is 43.7 Å². The zero-order valence-electron chi connectivity index (χ0n) is 23.1. The molecule has 0 radical (unpaired) electrons. The number of hydrogen-bond acceptors (Lipinski definition) is 5. The summed E-state index contributed by atoms with van der Waals surface area (Å²) in [6.07, 6.45) is 5.22. The molecule has 0 atom stereocenters. The van der Waals surface area contributed by atoms with E-state index >= 15 is 0 Å². The summed E-state index contributed by atoms with van der Waals surface area (Å²) in [5.74, 6) is 1.08. The van der Waals surface area contributed by atoms with Crippen LogP contribution < -0.4 is 9.47 Å². The summed E-state index contributed by atoms with van der Waals surface area (Å²) in [5, 5.41) is 4.76. The number of nitrogens with zero attached hydrogens (tertiary/aromatic N) is 4. The van der Waals surface area contributed by atoms with Crippen LogP contribution in [0.5, 0.6) is 11.5 Å². The summed E-state index contributed by atoms with van der Waals surface area (Å²) in [4.78, 5) is 30.0. The van der Waals surface area contributed by atoms with Crippen LogP contribution in [0.2, 0.25) is 0 Å². The molecular formula is C31H36N4O4. The number of aryl methyl sites for hydroxylation is 2. The van der Waals surface area contributed by atoms with Crippen molar-refractivity contribution in [3.05, 3.63) is 95.3 Å². The van der Waals surface area contributed by atoms with E-state index in [1.54, 1.807) is 30.1 Å². The van der Waals surface area contributed by atoms with E-state index in [-0.39, 0.29) is 11.8 Å². The molecule has 1 aliphatic heterocycles. The number of aromatic nitrogens is 2. The highest BCUT2D eigenvalue weighted by Gasteiger charge is 2.28. The van der Waals surface area contributed by atoms with Crippen molar-refractivity contribution in [2.45, 2.75) is 26.7 Å². The maximum atomic E-state index is 13.5. The standard InChI is InChI=1S/C31H36N4O4/c1-6-8-25-21-26(32-35(25)27(9-7-2)24-14-15-28(38-4)29(20-24)39-5)31(37)34-18-16-33(17-19-34)30(36)23-12-10-22(3)11-13-23/h7,9-15,20-21H,2,6,8,16-19H2,1,3-5H3/b27-9-. The van der Waals surface area contributed by atoms with Crippen molar-refractivity contribution in [3.8, 4) is 11.5 Å². The van der Waals surface area contributed by atoms with Crippen LogP contribution >= 0.6 is 0 Å². The van der Waals surface area contributed by atoms with Crippen LogP contribution in [0.1, 0.15) is 51.0 Å². The molecule has 8 nitrogen and oxygen atoms in total. The number of methoxy groups -OCH3 is 2. The van der Waals surface area contributed by atoms with Crippen molar-refractivity contribution < 1.29 is 19.1 Å². The first kappa shape index (κ1) is 27.7. The minimum Gasteiger partial charge on any atom is -0.493 e. The Kier molecular flexibility index (Phi) is 8.86. The molecular weight excluding hydrogens is 492 g/mol. The summed E-state index contributed by atoms with van der Waals surface area (Å²) in [6.45, 7) is 9.85. The van der Waals surface area contributed by atoms with Gasteiger partial charge < -0.3 is 19.3 Å². The maximum Gasteiger partial charge on any atom is 0.274 e. The smallest absolute Gasteiger partial charge is 0.274 e. The minimum absolute atomic E-state index is 0.00858. The van der Waals surface area contributed by atoms with Crippen LogP contribution in [-0.4, -0.2) is 71.8 Å². The van der Waals surface area contributed by atoms with Gasteiger partial charge in [-0.3, -0.25) is 9.59 Å². The second kappa shape index (κ2) is 12.5. The lowest BCUT2D eigenvalue weighted by Gasteiger charge is -2.34. The average Bonchev–Trinajstić information content (AvgIpc) is 3.38. The zero-order valence-corrected chi connectivity index (χ0v) is 23.1. The first-order valence-corrected chi connectivity index (χ1v) is 13.2. The van der Waals surface area contributed by atoms with Crippen molar-refractivity contribution in [3.63, 3.8) is 0 Å². The quantitative estimate of drug-likeness (QED) is 0.372. The Morgan fingerprint density at radius 3 is 2.10 bits per heavy atom. The Morgan fingerprint density at radius 1 is 0.897 bits per heavy atom. The van der Waals surface area contributed by atoms with E-state index in [1.165, 1.54) is 0 Å². The number of piperazine rings is 1. The molecule has 1 saturated heterocycles. The topological polar surface area (TPSA) is 76.9 Å².